The van der Waals surface area contributed by atoms with E-state index < -0.39 is 6.04 Å². The van der Waals surface area contributed by atoms with Gasteiger partial charge in [-0.1, -0.05) is 19.1 Å². The minimum Gasteiger partial charge on any atom is -0.399 e. The molecule has 5 heteroatoms. The number of aromatic nitrogens is 1. The van der Waals surface area contributed by atoms with Gasteiger partial charge in [-0.15, -0.1) is 0 Å². The van der Waals surface area contributed by atoms with E-state index in [2.05, 4.69) is 5.32 Å². The molecule has 1 atom stereocenters. The van der Waals surface area contributed by atoms with Gasteiger partial charge in [-0.05, 0) is 37.6 Å². The second-order valence-electron chi connectivity index (χ2n) is 4.91. The fraction of sp³-hybridized carbons (Fsp3) is 0.250. The molecule has 0 aliphatic carbocycles. The largest absolute Gasteiger partial charge is 0.399 e. The van der Waals surface area contributed by atoms with Crippen molar-refractivity contribution in [3.63, 3.8) is 0 Å². The minimum atomic E-state index is -0.542. The highest BCUT2D eigenvalue weighted by Crippen LogP contribution is 2.17. The van der Waals surface area contributed by atoms with Crippen LogP contribution in [-0.2, 0) is 4.79 Å². The third-order valence-electron chi connectivity index (χ3n) is 3.35. The number of nitrogens with zero attached hydrogens (tertiary/aromatic N) is 1. The van der Waals surface area contributed by atoms with Crippen molar-refractivity contribution in [3.8, 4) is 0 Å². The van der Waals surface area contributed by atoms with Crippen LogP contribution in [0.4, 0.5) is 11.4 Å². The Hall–Kier alpha value is -2.56. The maximum absolute atomic E-state index is 12.4. The highest BCUT2D eigenvalue weighted by atomic mass is 16.2. The molecule has 0 radical (unpaired) electrons. The lowest BCUT2D eigenvalue weighted by Gasteiger charge is -2.20. The van der Waals surface area contributed by atoms with E-state index in [1.54, 1.807) is 30.3 Å². The quantitative estimate of drug-likeness (QED) is 0.846. The summed E-state index contributed by atoms with van der Waals surface area (Å²) in [4.78, 5) is 24.5. The number of anilines is 2. The Morgan fingerprint density at radius 1 is 1.29 bits per heavy atom. The molecule has 1 amide bonds. The molecule has 110 valence electrons. The van der Waals surface area contributed by atoms with Gasteiger partial charge < -0.3 is 15.6 Å². The SMILES string of the molecule is CCC(C(=O)Nc1cccc(N)c1)n1c(C)cccc1=O. The van der Waals surface area contributed by atoms with Crippen LogP contribution in [0.15, 0.2) is 47.3 Å². The van der Waals surface area contributed by atoms with Crippen molar-refractivity contribution in [1.82, 2.24) is 4.57 Å². The van der Waals surface area contributed by atoms with Crippen LogP contribution >= 0.6 is 0 Å². The number of hydrogen-bond acceptors (Lipinski definition) is 3. The number of nitrogens with two attached hydrogens (primary N) is 1. The van der Waals surface area contributed by atoms with Crippen molar-refractivity contribution < 1.29 is 4.79 Å². The van der Waals surface area contributed by atoms with E-state index in [0.29, 0.717) is 17.8 Å². The fourth-order valence-corrected chi connectivity index (χ4v) is 2.33. The lowest BCUT2D eigenvalue weighted by molar-refractivity contribution is -0.119. The number of nitrogen functional groups attached to an aromatic ring is 1. The molecule has 2 aromatic rings. The first kappa shape index (κ1) is 14.8. The van der Waals surface area contributed by atoms with Crippen LogP contribution < -0.4 is 16.6 Å². The number of aryl methyl sites for hydroxylation is 1. The summed E-state index contributed by atoms with van der Waals surface area (Å²) in [5.41, 5.74) is 7.48. The van der Waals surface area contributed by atoms with Crippen LogP contribution in [0.5, 0.6) is 0 Å². The summed E-state index contributed by atoms with van der Waals surface area (Å²) in [5, 5.41) is 2.81. The predicted octanol–water partition coefficient (Wildman–Crippen LogP) is 2.33. The number of carbonyl (C=O) groups excluding carboxylic acids is 1. The summed E-state index contributed by atoms with van der Waals surface area (Å²) in [7, 11) is 0. The second-order valence-corrected chi connectivity index (χ2v) is 4.91. The van der Waals surface area contributed by atoms with Gasteiger partial charge in [0.1, 0.15) is 6.04 Å². The standard InChI is InChI=1S/C16H19N3O2/c1-3-14(19-11(2)6-4-9-15(19)20)16(21)18-13-8-5-7-12(17)10-13/h4-10,14H,3,17H2,1-2H3,(H,18,21). The van der Waals surface area contributed by atoms with E-state index in [9.17, 15) is 9.59 Å². The Morgan fingerprint density at radius 2 is 2.00 bits per heavy atom. The van der Waals surface area contributed by atoms with Gasteiger partial charge in [-0.2, -0.15) is 0 Å². The lowest BCUT2D eigenvalue weighted by Crippen LogP contribution is -2.33. The van der Waals surface area contributed by atoms with Crippen molar-refractivity contribution in [1.29, 1.82) is 0 Å². The van der Waals surface area contributed by atoms with E-state index in [1.165, 1.54) is 10.6 Å². The van der Waals surface area contributed by atoms with Gasteiger partial charge in [0.2, 0.25) is 5.91 Å². The molecule has 0 bridgehead atoms. The number of hydrogen-bond donors (Lipinski definition) is 2. The van der Waals surface area contributed by atoms with E-state index in [4.69, 9.17) is 5.73 Å². The molecule has 1 aromatic heterocycles. The second kappa shape index (κ2) is 6.26. The molecule has 0 spiro atoms. The third-order valence-corrected chi connectivity index (χ3v) is 3.35. The molecule has 1 unspecified atom stereocenters. The Kier molecular flexibility index (Phi) is 4.42. The Bertz CT molecular complexity index is 707. The number of amides is 1. The summed E-state index contributed by atoms with van der Waals surface area (Å²) in [5.74, 6) is -0.223. The highest BCUT2D eigenvalue weighted by molar-refractivity contribution is 5.94. The molecule has 0 aliphatic heterocycles. The molecule has 0 aliphatic rings. The first-order chi connectivity index (χ1) is 10.0. The van der Waals surface area contributed by atoms with Crippen molar-refractivity contribution in [2.24, 2.45) is 0 Å². The van der Waals surface area contributed by atoms with Gasteiger partial charge >= 0.3 is 0 Å². The average Bonchev–Trinajstić information content (AvgIpc) is 2.43. The molecule has 1 heterocycles. The summed E-state index contributed by atoms with van der Waals surface area (Å²) in [6, 6.07) is 11.4. The summed E-state index contributed by atoms with van der Waals surface area (Å²) >= 11 is 0. The zero-order valence-electron chi connectivity index (χ0n) is 12.2. The molecule has 21 heavy (non-hydrogen) atoms. The molecule has 0 saturated carbocycles. The zero-order valence-corrected chi connectivity index (χ0v) is 12.2. The van der Waals surface area contributed by atoms with Crippen molar-refractivity contribution in [2.45, 2.75) is 26.3 Å². The van der Waals surface area contributed by atoms with Crippen LogP contribution in [0.25, 0.3) is 0 Å². The van der Waals surface area contributed by atoms with Gasteiger partial charge in [-0.3, -0.25) is 9.59 Å². The predicted molar refractivity (Wildman–Crippen MR) is 84.3 cm³/mol. The molecule has 0 saturated heterocycles. The van der Waals surface area contributed by atoms with Gasteiger partial charge in [0.05, 0.1) is 0 Å². The summed E-state index contributed by atoms with van der Waals surface area (Å²) in [6.07, 6.45) is 0.527. The third kappa shape index (κ3) is 3.31. The molecule has 1 aromatic carbocycles. The first-order valence-corrected chi connectivity index (χ1v) is 6.87. The van der Waals surface area contributed by atoms with Gasteiger partial charge in [-0.25, -0.2) is 0 Å². The average molecular weight is 285 g/mol. The maximum Gasteiger partial charge on any atom is 0.251 e. The fourth-order valence-electron chi connectivity index (χ4n) is 2.33. The van der Waals surface area contributed by atoms with E-state index in [-0.39, 0.29) is 11.5 Å². The normalized spacial score (nSPS) is 11.9. The van der Waals surface area contributed by atoms with Crippen LogP contribution in [-0.4, -0.2) is 10.5 Å². The monoisotopic (exact) mass is 285 g/mol. The molecule has 3 N–H and O–H groups in total. The molecular weight excluding hydrogens is 266 g/mol. The Morgan fingerprint density at radius 3 is 2.62 bits per heavy atom. The number of benzene rings is 1. The number of pyridine rings is 1. The number of rotatable bonds is 4. The van der Waals surface area contributed by atoms with Gasteiger partial charge in [0.15, 0.2) is 0 Å². The van der Waals surface area contributed by atoms with Crippen LogP contribution in [0, 0.1) is 6.92 Å². The van der Waals surface area contributed by atoms with Gasteiger partial charge in [0.25, 0.3) is 5.56 Å². The Labute approximate surface area is 123 Å². The first-order valence-electron chi connectivity index (χ1n) is 6.87. The van der Waals surface area contributed by atoms with E-state index in [1.807, 2.05) is 19.9 Å². The van der Waals surface area contributed by atoms with Crippen molar-refractivity contribution in [2.75, 3.05) is 11.1 Å². The van der Waals surface area contributed by atoms with Crippen molar-refractivity contribution >= 4 is 17.3 Å². The van der Waals surface area contributed by atoms with Gasteiger partial charge in [0, 0.05) is 23.1 Å². The zero-order chi connectivity index (χ0) is 15.4. The van der Waals surface area contributed by atoms with E-state index in [0.717, 1.165) is 5.69 Å². The number of carbonyl (C=O) groups is 1. The van der Waals surface area contributed by atoms with Crippen LogP contribution in [0.1, 0.15) is 25.1 Å². The highest BCUT2D eigenvalue weighted by Gasteiger charge is 2.20. The van der Waals surface area contributed by atoms with Crippen LogP contribution in [0.2, 0.25) is 0 Å². The molecule has 2 rings (SSSR count). The molecular formula is C16H19N3O2. The smallest absolute Gasteiger partial charge is 0.251 e. The molecule has 0 fully saturated rings. The van der Waals surface area contributed by atoms with E-state index >= 15 is 0 Å². The summed E-state index contributed by atoms with van der Waals surface area (Å²) in [6.45, 7) is 3.69. The maximum atomic E-state index is 12.4. The summed E-state index contributed by atoms with van der Waals surface area (Å²) < 4.78 is 1.52. The number of nitrogens with one attached hydrogen (secondary N) is 1. The topological polar surface area (TPSA) is 77.1 Å². The minimum absolute atomic E-state index is 0.176. The van der Waals surface area contributed by atoms with Crippen molar-refractivity contribution in [3.05, 3.63) is 58.5 Å². The molecule has 5 nitrogen and oxygen atoms in total. The Balaban J connectivity index is 2.29. The van der Waals surface area contributed by atoms with Crippen LogP contribution in [0.3, 0.4) is 0 Å². The lowest BCUT2D eigenvalue weighted by atomic mass is 10.1.